The second kappa shape index (κ2) is 9.05. The quantitative estimate of drug-likeness (QED) is 0.694. The topological polar surface area (TPSA) is 23.6 Å². The molecular formula is C21H23Cl2FN2O. The number of carbonyl (C=O) groups excluding carboxylic acids is 1. The fraction of sp³-hybridized carbons (Fsp3) is 0.381. The lowest BCUT2D eigenvalue weighted by atomic mass is 9.95. The highest BCUT2D eigenvalue weighted by molar-refractivity contribution is 6.30. The molecule has 27 heavy (non-hydrogen) atoms. The van der Waals surface area contributed by atoms with Crippen molar-refractivity contribution < 1.29 is 9.18 Å². The smallest absolute Gasteiger partial charge is 0.225 e. The summed E-state index contributed by atoms with van der Waals surface area (Å²) in [6, 6.07) is 12.3. The van der Waals surface area contributed by atoms with E-state index in [2.05, 4.69) is 4.90 Å². The molecule has 1 aliphatic heterocycles. The highest BCUT2D eigenvalue weighted by Gasteiger charge is 2.27. The molecule has 0 N–H and O–H groups in total. The maximum atomic E-state index is 14.0. The molecule has 1 saturated heterocycles. The molecule has 6 heteroatoms. The Labute approximate surface area is 169 Å². The third-order valence-electron chi connectivity index (χ3n) is 5.06. The predicted molar refractivity (Wildman–Crippen MR) is 107 cm³/mol. The number of benzene rings is 2. The third-order valence-corrected chi connectivity index (χ3v) is 5.54. The lowest BCUT2D eigenvalue weighted by Gasteiger charge is -2.33. The van der Waals surface area contributed by atoms with Crippen LogP contribution in [0.3, 0.4) is 0 Å². The molecule has 0 spiro atoms. The average molecular weight is 409 g/mol. The Morgan fingerprint density at radius 1 is 1.11 bits per heavy atom. The fourth-order valence-electron chi connectivity index (χ4n) is 3.48. The number of likely N-dealkylation sites (tertiary alicyclic amines) is 1. The van der Waals surface area contributed by atoms with Crippen LogP contribution in [-0.2, 0) is 17.9 Å². The highest BCUT2D eigenvalue weighted by atomic mass is 35.5. The number of piperidine rings is 1. The summed E-state index contributed by atoms with van der Waals surface area (Å²) in [5, 5.41) is 1.10. The minimum absolute atomic E-state index is 0.0219. The average Bonchev–Trinajstić information content (AvgIpc) is 2.66. The number of hydrogen-bond acceptors (Lipinski definition) is 2. The summed E-state index contributed by atoms with van der Waals surface area (Å²) in [6.45, 7) is 2.69. The molecule has 144 valence electrons. The van der Waals surface area contributed by atoms with Gasteiger partial charge in [-0.1, -0.05) is 41.4 Å². The van der Waals surface area contributed by atoms with Crippen LogP contribution in [0.2, 0.25) is 10.0 Å². The SMILES string of the molecule is CN(Cc1ccc(Cl)cc1)C(=O)C1CCN(Cc2ccc(Cl)cc2F)CC1. The highest BCUT2D eigenvalue weighted by Crippen LogP contribution is 2.23. The molecule has 0 aliphatic carbocycles. The van der Waals surface area contributed by atoms with E-state index < -0.39 is 0 Å². The van der Waals surface area contributed by atoms with E-state index in [9.17, 15) is 9.18 Å². The standard InChI is InChI=1S/C21H23Cl2FN2O/c1-25(13-15-2-5-18(22)6-3-15)21(27)16-8-10-26(11-9-16)14-17-4-7-19(23)12-20(17)24/h2-7,12,16H,8-11,13-14H2,1H3. The van der Waals surface area contributed by atoms with Gasteiger partial charge < -0.3 is 4.90 Å². The van der Waals surface area contributed by atoms with Crippen molar-refractivity contribution in [1.29, 1.82) is 0 Å². The zero-order chi connectivity index (χ0) is 19.4. The summed E-state index contributed by atoms with van der Waals surface area (Å²) in [5.74, 6) is -0.0840. The van der Waals surface area contributed by atoms with E-state index in [0.717, 1.165) is 31.5 Å². The normalized spacial score (nSPS) is 15.7. The van der Waals surface area contributed by atoms with Crippen molar-refractivity contribution in [2.45, 2.75) is 25.9 Å². The Balaban J connectivity index is 1.50. The van der Waals surface area contributed by atoms with Gasteiger partial charge in [-0.25, -0.2) is 4.39 Å². The van der Waals surface area contributed by atoms with Gasteiger partial charge in [0.15, 0.2) is 0 Å². The number of carbonyl (C=O) groups is 1. The molecule has 0 bridgehead atoms. The minimum Gasteiger partial charge on any atom is -0.341 e. The molecule has 2 aromatic rings. The molecule has 1 amide bonds. The van der Waals surface area contributed by atoms with Gasteiger partial charge in [0.1, 0.15) is 5.82 Å². The van der Waals surface area contributed by atoms with Crippen LogP contribution in [0.4, 0.5) is 4.39 Å². The van der Waals surface area contributed by atoms with Crippen LogP contribution in [0.5, 0.6) is 0 Å². The first kappa shape index (κ1) is 20.1. The van der Waals surface area contributed by atoms with E-state index >= 15 is 0 Å². The molecule has 1 fully saturated rings. The van der Waals surface area contributed by atoms with Gasteiger partial charge in [0.05, 0.1) is 0 Å². The molecule has 0 radical (unpaired) electrons. The molecule has 2 aromatic carbocycles. The van der Waals surface area contributed by atoms with Gasteiger partial charge in [-0.2, -0.15) is 0 Å². The van der Waals surface area contributed by atoms with E-state index in [1.165, 1.54) is 6.07 Å². The molecule has 0 aromatic heterocycles. The summed E-state index contributed by atoms with van der Waals surface area (Å²) in [7, 11) is 1.84. The van der Waals surface area contributed by atoms with Crippen molar-refractivity contribution in [3.63, 3.8) is 0 Å². The molecule has 0 unspecified atom stereocenters. The van der Waals surface area contributed by atoms with E-state index in [1.54, 1.807) is 17.0 Å². The van der Waals surface area contributed by atoms with Crippen LogP contribution in [0, 0.1) is 11.7 Å². The second-order valence-electron chi connectivity index (χ2n) is 7.11. The monoisotopic (exact) mass is 408 g/mol. The zero-order valence-electron chi connectivity index (χ0n) is 15.3. The lowest BCUT2D eigenvalue weighted by Crippen LogP contribution is -2.40. The molecule has 0 saturated carbocycles. The molecule has 1 heterocycles. The lowest BCUT2D eigenvalue weighted by molar-refractivity contribution is -0.136. The van der Waals surface area contributed by atoms with Gasteiger partial charge in [0, 0.05) is 41.7 Å². The molecule has 3 rings (SSSR count). The predicted octanol–water partition coefficient (Wildman–Crippen LogP) is 5.00. The van der Waals surface area contributed by atoms with Gasteiger partial charge in [0.2, 0.25) is 5.91 Å². The van der Waals surface area contributed by atoms with E-state index in [-0.39, 0.29) is 17.6 Å². The van der Waals surface area contributed by atoms with Crippen molar-refractivity contribution in [3.8, 4) is 0 Å². The van der Waals surface area contributed by atoms with Crippen LogP contribution >= 0.6 is 23.2 Å². The van der Waals surface area contributed by atoms with Gasteiger partial charge in [-0.3, -0.25) is 9.69 Å². The van der Waals surface area contributed by atoms with Crippen molar-refractivity contribution in [1.82, 2.24) is 9.80 Å². The summed E-state index contributed by atoms with van der Waals surface area (Å²) in [4.78, 5) is 16.7. The Hall–Kier alpha value is -1.62. The van der Waals surface area contributed by atoms with Crippen molar-refractivity contribution in [2.24, 2.45) is 5.92 Å². The Morgan fingerprint density at radius 2 is 1.74 bits per heavy atom. The van der Waals surface area contributed by atoms with Crippen LogP contribution < -0.4 is 0 Å². The van der Waals surface area contributed by atoms with Crippen molar-refractivity contribution in [3.05, 3.63) is 69.5 Å². The van der Waals surface area contributed by atoms with Gasteiger partial charge in [0.25, 0.3) is 0 Å². The van der Waals surface area contributed by atoms with Crippen molar-refractivity contribution in [2.75, 3.05) is 20.1 Å². The maximum Gasteiger partial charge on any atom is 0.225 e. The van der Waals surface area contributed by atoms with E-state index in [4.69, 9.17) is 23.2 Å². The van der Waals surface area contributed by atoms with E-state index in [0.29, 0.717) is 28.7 Å². The minimum atomic E-state index is -0.275. The van der Waals surface area contributed by atoms with Crippen molar-refractivity contribution >= 4 is 29.1 Å². The second-order valence-corrected chi connectivity index (χ2v) is 7.98. The molecule has 0 atom stereocenters. The van der Waals surface area contributed by atoms with Gasteiger partial charge in [-0.05, 0) is 55.8 Å². The third kappa shape index (κ3) is 5.44. The Morgan fingerprint density at radius 3 is 2.37 bits per heavy atom. The molecule has 1 aliphatic rings. The van der Waals surface area contributed by atoms with Crippen LogP contribution in [0.25, 0.3) is 0 Å². The fourth-order valence-corrected chi connectivity index (χ4v) is 3.77. The van der Waals surface area contributed by atoms with Gasteiger partial charge >= 0.3 is 0 Å². The van der Waals surface area contributed by atoms with Crippen LogP contribution in [0.15, 0.2) is 42.5 Å². The van der Waals surface area contributed by atoms with Crippen LogP contribution in [-0.4, -0.2) is 35.8 Å². The molecular weight excluding hydrogens is 386 g/mol. The van der Waals surface area contributed by atoms with E-state index in [1.807, 2.05) is 31.3 Å². The first-order chi connectivity index (χ1) is 12.9. The number of rotatable bonds is 5. The maximum absolute atomic E-state index is 14.0. The number of halogens is 3. The van der Waals surface area contributed by atoms with Gasteiger partial charge in [-0.15, -0.1) is 0 Å². The number of amides is 1. The Bertz CT molecular complexity index is 789. The zero-order valence-corrected chi connectivity index (χ0v) is 16.8. The first-order valence-corrected chi connectivity index (χ1v) is 9.83. The summed E-state index contributed by atoms with van der Waals surface area (Å²) in [5.41, 5.74) is 1.70. The number of nitrogens with zero attached hydrogens (tertiary/aromatic N) is 2. The summed E-state index contributed by atoms with van der Waals surface area (Å²) < 4.78 is 14.0. The summed E-state index contributed by atoms with van der Waals surface area (Å²) in [6.07, 6.45) is 1.58. The number of hydrogen-bond donors (Lipinski definition) is 0. The molecule has 3 nitrogen and oxygen atoms in total. The van der Waals surface area contributed by atoms with Crippen LogP contribution in [0.1, 0.15) is 24.0 Å². The summed E-state index contributed by atoms with van der Waals surface area (Å²) >= 11 is 11.7. The Kier molecular flexibility index (Phi) is 6.74. The first-order valence-electron chi connectivity index (χ1n) is 9.08. The largest absolute Gasteiger partial charge is 0.341 e.